The number of rotatable bonds is 6. The van der Waals surface area contributed by atoms with Gasteiger partial charge in [-0.05, 0) is 18.2 Å². The highest BCUT2D eigenvalue weighted by atomic mass is 16.6. The first-order valence-corrected chi connectivity index (χ1v) is 6.28. The van der Waals surface area contributed by atoms with Gasteiger partial charge in [-0.25, -0.2) is 4.79 Å². The van der Waals surface area contributed by atoms with Crippen LogP contribution in [0.3, 0.4) is 0 Å². The van der Waals surface area contributed by atoms with Gasteiger partial charge in [-0.15, -0.1) is 0 Å². The molecule has 2 rings (SSSR count). The Kier molecular flexibility index (Phi) is 4.82. The molecule has 23 heavy (non-hydrogen) atoms. The van der Waals surface area contributed by atoms with Crippen molar-refractivity contribution in [1.82, 2.24) is 0 Å². The Morgan fingerprint density at radius 1 is 1.00 bits per heavy atom. The second kappa shape index (κ2) is 6.98. The number of esters is 1. The standard InChI is InChI=1S/C14H10N2O7/c17-14(9-22-11-4-2-1-3-5-11)23-13-7-6-10(15(18)19)8-12(13)16(20)21/h1-8H,9H2. The van der Waals surface area contributed by atoms with E-state index >= 15 is 0 Å². The van der Waals surface area contributed by atoms with Crippen LogP contribution in [-0.2, 0) is 4.79 Å². The molecule has 0 amide bonds. The number of nitro benzene ring substituents is 2. The third-order valence-electron chi connectivity index (χ3n) is 2.67. The van der Waals surface area contributed by atoms with E-state index in [1.807, 2.05) is 0 Å². The van der Waals surface area contributed by atoms with E-state index in [4.69, 9.17) is 9.47 Å². The number of nitro groups is 2. The molecule has 0 unspecified atom stereocenters. The molecule has 0 atom stereocenters. The van der Waals surface area contributed by atoms with Crippen molar-refractivity contribution in [1.29, 1.82) is 0 Å². The number of hydrogen-bond donors (Lipinski definition) is 0. The van der Waals surface area contributed by atoms with Crippen LogP contribution in [0.4, 0.5) is 11.4 Å². The minimum atomic E-state index is -0.870. The molecule has 2 aromatic rings. The van der Waals surface area contributed by atoms with Gasteiger partial charge >= 0.3 is 11.7 Å². The Labute approximate surface area is 129 Å². The molecule has 9 nitrogen and oxygen atoms in total. The highest BCUT2D eigenvalue weighted by Gasteiger charge is 2.22. The van der Waals surface area contributed by atoms with Gasteiger partial charge in [0.2, 0.25) is 5.75 Å². The lowest BCUT2D eigenvalue weighted by molar-refractivity contribution is -0.394. The maximum Gasteiger partial charge on any atom is 0.349 e. The van der Waals surface area contributed by atoms with E-state index in [2.05, 4.69) is 0 Å². The number of para-hydroxylation sites is 1. The molecule has 0 aliphatic heterocycles. The molecule has 0 saturated carbocycles. The van der Waals surface area contributed by atoms with Crippen LogP contribution in [0, 0.1) is 20.2 Å². The van der Waals surface area contributed by atoms with Crippen LogP contribution < -0.4 is 9.47 Å². The maximum absolute atomic E-state index is 11.7. The largest absolute Gasteiger partial charge is 0.482 e. The summed E-state index contributed by atoms with van der Waals surface area (Å²) in [5.74, 6) is -0.823. The molecule has 0 N–H and O–H groups in total. The van der Waals surface area contributed by atoms with Crippen LogP contribution in [0.5, 0.6) is 11.5 Å². The van der Waals surface area contributed by atoms with Crippen molar-refractivity contribution < 1.29 is 24.1 Å². The minimum absolute atomic E-state index is 0.387. The molecule has 118 valence electrons. The van der Waals surface area contributed by atoms with E-state index in [-0.39, 0.29) is 5.75 Å². The average Bonchev–Trinajstić information content (AvgIpc) is 2.54. The normalized spacial score (nSPS) is 9.91. The summed E-state index contributed by atoms with van der Waals surface area (Å²) in [6.45, 7) is -0.460. The summed E-state index contributed by atoms with van der Waals surface area (Å²) in [5, 5.41) is 21.5. The molecule has 0 aliphatic carbocycles. The first-order chi connectivity index (χ1) is 11.0. The lowest BCUT2D eigenvalue weighted by Gasteiger charge is -2.07. The van der Waals surface area contributed by atoms with E-state index in [1.165, 1.54) is 0 Å². The van der Waals surface area contributed by atoms with E-state index < -0.39 is 33.8 Å². The number of benzene rings is 2. The van der Waals surface area contributed by atoms with Crippen LogP contribution in [0.2, 0.25) is 0 Å². The molecule has 0 bridgehead atoms. The van der Waals surface area contributed by atoms with Crippen molar-refractivity contribution >= 4 is 17.3 Å². The number of non-ortho nitro benzene ring substituents is 1. The smallest absolute Gasteiger partial charge is 0.349 e. The molecule has 0 heterocycles. The Morgan fingerprint density at radius 2 is 1.70 bits per heavy atom. The zero-order valence-corrected chi connectivity index (χ0v) is 11.6. The van der Waals surface area contributed by atoms with Gasteiger partial charge in [0.05, 0.1) is 15.9 Å². The molecule has 2 aromatic carbocycles. The predicted molar refractivity (Wildman–Crippen MR) is 77.3 cm³/mol. The molecular weight excluding hydrogens is 308 g/mol. The summed E-state index contributed by atoms with van der Waals surface area (Å²) in [4.78, 5) is 31.6. The quantitative estimate of drug-likeness (QED) is 0.347. The fraction of sp³-hybridized carbons (Fsp3) is 0.0714. The first kappa shape index (κ1) is 15.9. The molecule has 0 spiro atoms. The summed E-state index contributed by atoms with van der Waals surface area (Å²) >= 11 is 0. The van der Waals surface area contributed by atoms with Gasteiger partial charge in [-0.2, -0.15) is 0 Å². The number of carbonyl (C=O) groups is 1. The lowest BCUT2D eigenvalue weighted by Crippen LogP contribution is -2.18. The van der Waals surface area contributed by atoms with Gasteiger partial charge in [0, 0.05) is 6.07 Å². The molecule has 0 fully saturated rings. The minimum Gasteiger partial charge on any atom is -0.482 e. The van der Waals surface area contributed by atoms with Crippen molar-refractivity contribution in [2.45, 2.75) is 0 Å². The van der Waals surface area contributed by atoms with Crippen molar-refractivity contribution in [2.24, 2.45) is 0 Å². The summed E-state index contributed by atoms with van der Waals surface area (Å²) in [6.07, 6.45) is 0. The van der Waals surface area contributed by atoms with Crippen LogP contribution in [0.25, 0.3) is 0 Å². The molecule has 0 aliphatic rings. The zero-order valence-electron chi connectivity index (χ0n) is 11.6. The van der Waals surface area contributed by atoms with E-state index in [9.17, 15) is 25.0 Å². The number of carbonyl (C=O) groups excluding carboxylic acids is 1. The topological polar surface area (TPSA) is 122 Å². The highest BCUT2D eigenvalue weighted by molar-refractivity contribution is 5.75. The number of nitrogens with zero attached hydrogens (tertiary/aromatic N) is 2. The van der Waals surface area contributed by atoms with Gasteiger partial charge in [0.1, 0.15) is 5.75 Å². The van der Waals surface area contributed by atoms with E-state index in [0.29, 0.717) is 5.75 Å². The van der Waals surface area contributed by atoms with Gasteiger partial charge in [-0.3, -0.25) is 20.2 Å². The summed E-state index contributed by atoms with van der Waals surface area (Å²) < 4.78 is 9.98. The summed E-state index contributed by atoms with van der Waals surface area (Å²) in [7, 11) is 0. The third-order valence-corrected chi connectivity index (χ3v) is 2.67. The van der Waals surface area contributed by atoms with Gasteiger partial charge in [0.15, 0.2) is 6.61 Å². The van der Waals surface area contributed by atoms with Crippen LogP contribution in [-0.4, -0.2) is 22.4 Å². The van der Waals surface area contributed by atoms with E-state index in [1.54, 1.807) is 30.3 Å². The highest BCUT2D eigenvalue weighted by Crippen LogP contribution is 2.31. The Morgan fingerprint density at radius 3 is 2.30 bits per heavy atom. The molecule has 0 radical (unpaired) electrons. The molecule has 0 saturated heterocycles. The Bertz CT molecular complexity index is 746. The van der Waals surface area contributed by atoms with Gasteiger partial charge < -0.3 is 9.47 Å². The van der Waals surface area contributed by atoms with Crippen LogP contribution in [0.15, 0.2) is 48.5 Å². The van der Waals surface area contributed by atoms with E-state index in [0.717, 1.165) is 18.2 Å². The fourth-order valence-electron chi connectivity index (χ4n) is 1.66. The molecule has 9 heteroatoms. The van der Waals surface area contributed by atoms with Gasteiger partial charge in [-0.1, -0.05) is 18.2 Å². The Hall–Kier alpha value is -3.49. The average molecular weight is 318 g/mol. The predicted octanol–water partition coefficient (Wildman–Crippen LogP) is 2.49. The first-order valence-electron chi connectivity index (χ1n) is 6.28. The summed E-state index contributed by atoms with van der Waals surface area (Å²) in [6, 6.07) is 11.2. The van der Waals surface area contributed by atoms with Crippen molar-refractivity contribution in [3.05, 3.63) is 68.8 Å². The molecule has 0 aromatic heterocycles. The molecular formula is C14H10N2O7. The summed E-state index contributed by atoms with van der Waals surface area (Å²) in [5.41, 5.74) is -1.15. The van der Waals surface area contributed by atoms with Gasteiger partial charge in [0.25, 0.3) is 5.69 Å². The maximum atomic E-state index is 11.7. The zero-order chi connectivity index (χ0) is 16.8. The van der Waals surface area contributed by atoms with Crippen molar-refractivity contribution in [2.75, 3.05) is 6.61 Å². The van der Waals surface area contributed by atoms with Crippen LogP contribution in [0.1, 0.15) is 0 Å². The lowest BCUT2D eigenvalue weighted by atomic mass is 10.2. The number of hydrogen-bond acceptors (Lipinski definition) is 7. The third kappa shape index (κ3) is 4.24. The second-order valence-corrected chi connectivity index (χ2v) is 4.24. The number of ether oxygens (including phenoxy) is 2. The Balaban J connectivity index is 2.08. The fourth-order valence-corrected chi connectivity index (χ4v) is 1.66. The SMILES string of the molecule is O=C(COc1ccccc1)Oc1ccc([N+](=O)[O-])cc1[N+](=O)[O-]. The monoisotopic (exact) mass is 318 g/mol. The van der Waals surface area contributed by atoms with Crippen LogP contribution >= 0.6 is 0 Å². The second-order valence-electron chi connectivity index (χ2n) is 4.24. The van der Waals surface area contributed by atoms with Crippen molar-refractivity contribution in [3.63, 3.8) is 0 Å². The van der Waals surface area contributed by atoms with Crippen molar-refractivity contribution in [3.8, 4) is 11.5 Å².